The summed E-state index contributed by atoms with van der Waals surface area (Å²) < 4.78 is 1.69. The second-order valence-corrected chi connectivity index (χ2v) is 4.84. The standard InChI is InChI=1S/C13H22N4O.2ClH/c1-2-14-10-12-4-8-16(9-5-12)13(18)11-17-7-3-6-15-17;;/h3,6-7,12,14H,2,4-5,8-11H2,1H3;2*1H. The Morgan fingerprint density at radius 2 is 2.05 bits per heavy atom. The van der Waals surface area contributed by atoms with Crippen molar-refractivity contribution >= 4 is 30.7 Å². The predicted molar refractivity (Wildman–Crippen MR) is 84.6 cm³/mol. The number of piperidine rings is 1. The van der Waals surface area contributed by atoms with Crippen LogP contribution in [0, 0.1) is 5.92 Å². The highest BCUT2D eigenvalue weighted by Crippen LogP contribution is 2.16. The second kappa shape index (κ2) is 10.0. The van der Waals surface area contributed by atoms with Crippen LogP contribution < -0.4 is 5.32 Å². The lowest BCUT2D eigenvalue weighted by molar-refractivity contribution is -0.133. The minimum absolute atomic E-state index is 0. The zero-order chi connectivity index (χ0) is 12.8. The van der Waals surface area contributed by atoms with Gasteiger partial charge < -0.3 is 10.2 Å². The van der Waals surface area contributed by atoms with Crippen molar-refractivity contribution in [2.75, 3.05) is 26.2 Å². The molecule has 0 radical (unpaired) electrons. The first-order valence-corrected chi connectivity index (χ1v) is 6.75. The van der Waals surface area contributed by atoms with Gasteiger partial charge in [0.25, 0.3) is 0 Å². The first-order valence-electron chi connectivity index (χ1n) is 6.75. The molecule has 0 atom stereocenters. The fourth-order valence-electron chi connectivity index (χ4n) is 2.37. The minimum Gasteiger partial charge on any atom is -0.341 e. The molecule has 0 saturated carbocycles. The molecule has 2 rings (SSSR count). The number of hydrogen-bond acceptors (Lipinski definition) is 3. The van der Waals surface area contributed by atoms with Crippen molar-refractivity contribution in [2.24, 2.45) is 5.92 Å². The summed E-state index contributed by atoms with van der Waals surface area (Å²) >= 11 is 0. The maximum absolute atomic E-state index is 12.0. The van der Waals surface area contributed by atoms with Crippen molar-refractivity contribution in [3.63, 3.8) is 0 Å². The Labute approximate surface area is 132 Å². The molecule has 0 bridgehead atoms. The van der Waals surface area contributed by atoms with E-state index in [1.165, 1.54) is 0 Å². The van der Waals surface area contributed by atoms with Crippen molar-refractivity contribution in [1.82, 2.24) is 20.0 Å². The van der Waals surface area contributed by atoms with Gasteiger partial charge in [0.05, 0.1) is 0 Å². The molecule has 1 aromatic rings. The maximum atomic E-state index is 12.0. The normalized spacial score (nSPS) is 15.3. The van der Waals surface area contributed by atoms with Crippen molar-refractivity contribution in [3.8, 4) is 0 Å². The van der Waals surface area contributed by atoms with Gasteiger partial charge in [-0.05, 0) is 37.9 Å². The molecule has 7 heteroatoms. The fourth-order valence-corrected chi connectivity index (χ4v) is 2.37. The van der Waals surface area contributed by atoms with E-state index in [1.54, 1.807) is 10.9 Å². The van der Waals surface area contributed by atoms with Crippen LogP contribution in [0.25, 0.3) is 0 Å². The molecule has 0 aromatic carbocycles. The molecule has 1 saturated heterocycles. The van der Waals surface area contributed by atoms with Gasteiger partial charge in [0.1, 0.15) is 6.54 Å². The van der Waals surface area contributed by atoms with Crippen molar-refractivity contribution in [3.05, 3.63) is 18.5 Å². The number of likely N-dealkylation sites (tertiary alicyclic amines) is 1. The molecule has 1 aliphatic rings. The monoisotopic (exact) mass is 322 g/mol. The molecule has 20 heavy (non-hydrogen) atoms. The Morgan fingerprint density at radius 1 is 1.35 bits per heavy atom. The Balaban J connectivity index is 0.00000180. The van der Waals surface area contributed by atoms with E-state index in [1.807, 2.05) is 17.2 Å². The van der Waals surface area contributed by atoms with E-state index in [2.05, 4.69) is 17.3 Å². The highest BCUT2D eigenvalue weighted by molar-refractivity contribution is 5.85. The summed E-state index contributed by atoms with van der Waals surface area (Å²) in [5.74, 6) is 0.902. The first-order chi connectivity index (χ1) is 8.79. The summed E-state index contributed by atoms with van der Waals surface area (Å²) in [6.07, 6.45) is 5.75. The number of carbonyl (C=O) groups is 1. The van der Waals surface area contributed by atoms with Gasteiger partial charge in [-0.2, -0.15) is 5.10 Å². The van der Waals surface area contributed by atoms with Crippen molar-refractivity contribution < 1.29 is 4.79 Å². The molecule has 0 spiro atoms. The molecule has 1 fully saturated rings. The first kappa shape index (κ1) is 19.2. The molecule has 1 N–H and O–H groups in total. The van der Waals surface area contributed by atoms with Crippen molar-refractivity contribution in [1.29, 1.82) is 0 Å². The van der Waals surface area contributed by atoms with Crippen LogP contribution in [0.4, 0.5) is 0 Å². The molecular weight excluding hydrogens is 299 g/mol. The molecular formula is C13H24Cl2N4O. The van der Waals surface area contributed by atoms with E-state index in [4.69, 9.17) is 0 Å². The Kier molecular flexibility index (Phi) is 9.63. The zero-order valence-corrected chi connectivity index (χ0v) is 13.5. The summed E-state index contributed by atoms with van der Waals surface area (Å²) in [5, 5.41) is 7.45. The number of aromatic nitrogens is 2. The summed E-state index contributed by atoms with van der Waals surface area (Å²) in [7, 11) is 0. The average Bonchev–Trinajstić information content (AvgIpc) is 2.89. The van der Waals surface area contributed by atoms with Gasteiger partial charge in [0.2, 0.25) is 5.91 Å². The summed E-state index contributed by atoms with van der Waals surface area (Å²) in [4.78, 5) is 14.0. The molecule has 1 aliphatic heterocycles. The average molecular weight is 323 g/mol. The zero-order valence-electron chi connectivity index (χ0n) is 11.8. The van der Waals surface area contributed by atoms with Gasteiger partial charge in [0, 0.05) is 25.5 Å². The maximum Gasteiger partial charge on any atom is 0.244 e. The van der Waals surface area contributed by atoms with Gasteiger partial charge in [0.15, 0.2) is 0 Å². The van der Waals surface area contributed by atoms with Crippen LogP contribution in [0.1, 0.15) is 19.8 Å². The SMILES string of the molecule is CCNCC1CCN(C(=O)Cn2cccn2)CC1.Cl.Cl. The van der Waals surface area contributed by atoms with E-state index in [-0.39, 0.29) is 30.7 Å². The largest absolute Gasteiger partial charge is 0.341 e. The van der Waals surface area contributed by atoms with Crippen LogP contribution in [0.2, 0.25) is 0 Å². The highest BCUT2D eigenvalue weighted by Gasteiger charge is 2.22. The number of carbonyl (C=O) groups excluding carboxylic acids is 1. The third-order valence-corrected chi connectivity index (χ3v) is 3.51. The Hall–Kier alpha value is -0.780. The van der Waals surface area contributed by atoms with Gasteiger partial charge in [-0.1, -0.05) is 6.92 Å². The number of rotatable bonds is 5. The lowest BCUT2D eigenvalue weighted by atomic mass is 9.97. The second-order valence-electron chi connectivity index (χ2n) is 4.84. The van der Waals surface area contributed by atoms with E-state index < -0.39 is 0 Å². The number of hydrogen-bond donors (Lipinski definition) is 1. The number of nitrogens with one attached hydrogen (secondary N) is 1. The molecule has 0 unspecified atom stereocenters. The number of halogens is 2. The van der Waals surface area contributed by atoms with Gasteiger partial charge >= 0.3 is 0 Å². The van der Waals surface area contributed by atoms with Crippen LogP contribution in [0.15, 0.2) is 18.5 Å². The quantitative estimate of drug-likeness (QED) is 0.895. The van der Waals surface area contributed by atoms with Crippen LogP contribution >= 0.6 is 24.8 Å². The smallest absolute Gasteiger partial charge is 0.244 e. The number of amides is 1. The van der Waals surface area contributed by atoms with E-state index in [9.17, 15) is 4.79 Å². The minimum atomic E-state index is 0. The van der Waals surface area contributed by atoms with Gasteiger partial charge in [-0.15, -0.1) is 24.8 Å². The number of nitrogens with zero attached hydrogens (tertiary/aromatic N) is 3. The lowest BCUT2D eigenvalue weighted by Gasteiger charge is -2.32. The van der Waals surface area contributed by atoms with E-state index in [0.29, 0.717) is 6.54 Å². The van der Waals surface area contributed by atoms with Crippen LogP contribution in [0.5, 0.6) is 0 Å². The molecule has 116 valence electrons. The topological polar surface area (TPSA) is 50.2 Å². The van der Waals surface area contributed by atoms with Gasteiger partial charge in [-0.3, -0.25) is 9.48 Å². The molecule has 5 nitrogen and oxygen atoms in total. The third kappa shape index (κ3) is 5.69. The predicted octanol–water partition coefficient (Wildman–Crippen LogP) is 1.57. The molecule has 2 heterocycles. The van der Waals surface area contributed by atoms with E-state index >= 15 is 0 Å². The highest BCUT2D eigenvalue weighted by atomic mass is 35.5. The summed E-state index contributed by atoms with van der Waals surface area (Å²) in [6, 6.07) is 1.84. The van der Waals surface area contributed by atoms with E-state index in [0.717, 1.165) is 44.9 Å². The summed E-state index contributed by atoms with van der Waals surface area (Å²) in [6.45, 7) is 6.37. The van der Waals surface area contributed by atoms with Crippen molar-refractivity contribution in [2.45, 2.75) is 26.3 Å². The Morgan fingerprint density at radius 3 is 2.60 bits per heavy atom. The Bertz CT molecular complexity index is 364. The fraction of sp³-hybridized carbons (Fsp3) is 0.692. The third-order valence-electron chi connectivity index (χ3n) is 3.51. The van der Waals surface area contributed by atoms with Crippen LogP contribution in [0.3, 0.4) is 0 Å². The molecule has 1 aromatic heterocycles. The van der Waals surface area contributed by atoms with Crippen LogP contribution in [-0.2, 0) is 11.3 Å². The van der Waals surface area contributed by atoms with Gasteiger partial charge in [-0.25, -0.2) is 0 Å². The summed E-state index contributed by atoms with van der Waals surface area (Å²) in [5.41, 5.74) is 0. The lowest BCUT2D eigenvalue weighted by Crippen LogP contribution is -2.42. The molecule has 0 aliphatic carbocycles. The van der Waals surface area contributed by atoms with Crippen LogP contribution in [-0.4, -0.2) is 46.8 Å². The molecule has 1 amide bonds.